The van der Waals surface area contributed by atoms with E-state index in [1.54, 1.807) is 6.07 Å². The van der Waals surface area contributed by atoms with Crippen LogP contribution in [0, 0.1) is 0 Å². The van der Waals surface area contributed by atoms with Crippen molar-refractivity contribution in [2.24, 2.45) is 0 Å². The molecule has 1 heterocycles. The highest BCUT2D eigenvalue weighted by Crippen LogP contribution is 2.18. The van der Waals surface area contributed by atoms with Gasteiger partial charge in [0.15, 0.2) is 0 Å². The standard InChI is InChI=1S/C13H16N4/c1-9(2)11-8-12(14)17-13(16-11)15-10-6-4-3-5-7-10/h3-9H,1-2H3,(H3,14,15,16,17). The number of para-hydroxylation sites is 1. The van der Waals surface area contributed by atoms with E-state index in [0.717, 1.165) is 11.4 Å². The molecule has 1 aromatic heterocycles. The quantitative estimate of drug-likeness (QED) is 0.847. The van der Waals surface area contributed by atoms with E-state index in [1.807, 2.05) is 30.3 Å². The van der Waals surface area contributed by atoms with E-state index < -0.39 is 0 Å². The summed E-state index contributed by atoms with van der Waals surface area (Å²) in [4.78, 5) is 8.59. The number of benzene rings is 1. The first-order valence-corrected chi connectivity index (χ1v) is 5.61. The van der Waals surface area contributed by atoms with E-state index in [-0.39, 0.29) is 0 Å². The van der Waals surface area contributed by atoms with Crippen molar-refractivity contribution < 1.29 is 0 Å². The van der Waals surface area contributed by atoms with Crippen molar-refractivity contribution in [1.82, 2.24) is 9.97 Å². The smallest absolute Gasteiger partial charge is 0.229 e. The van der Waals surface area contributed by atoms with Gasteiger partial charge in [-0.05, 0) is 18.1 Å². The van der Waals surface area contributed by atoms with Gasteiger partial charge in [-0.2, -0.15) is 4.98 Å². The lowest BCUT2D eigenvalue weighted by atomic mass is 10.1. The van der Waals surface area contributed by atoms with Gasteiger partial charge in [-0.1, -0.05) is 32.0 Å². The van der Waals surface area contributed by atoms with Gasteiger partial charge >= 0.3 is 0 Å². The molecular formula is C13H16N4. The van der Waals surface area contributed by atoms with Gasteiger partial charge < -0.3 is 11.1 Å². The lowest BCUT2D eigenvalue weighted by Gasteiger charge is -2.09. The number of anilines is 3. The fraction of sp³-hybridized carbons (Fsp3) is 0.231. The lowest BCUT2D eigenvalue weighted by molar-refractivity contribution is 0.818. The largest absolute Gasteiger partial charge is 0.384 e. The summed E-state index contributed by atoms with van der Waals surface area (Å²) in [5.74, 6) is 1.36. The summed E-state index contributed by atoms with van der Waals surface area (Å²) in [5.41, 5.74) is 7.65. The van der Waals surface area contributed by atoms with Crippen LogP contribution in [0.2, 0.25) is 0 Å². The third kappa shape index (κ3) is 2.93. The first-order chi connectivity index (χ1) is 8.15. The average Bonchev–Trinajstić information content (AvgIpc) is 2.29. The van der Waals surface area contributed by atoms with E-state index in [0.29, 0.717) is 17.7 Å². The molecular weight excluding hydrogens is 212 g/mol. The third-order valence-corrected chi connectivity index (χ3v) is 2.39. The minimum Gasteiger partial charge on any atom is -0.384 e. The predicted molar refractivity (Wildman–Crippen MR) is 70.3 cm³/mol. The molecule has 0 saturated heterocycles. The van der Waals surface area contributed by atoms with Crippen molar-refractivity contribution in [3.63, 3.8) is 0 Å². The maximum absolute atomic E-state index is 5.76. The predicted octanol–water partition coefficient (Wildman–Crippen LogP) is 2.93. The van der Waals surface area contributed by atoms with E-state index in [9.17, 15) is 0 Å². The van der Waals surface area contributed by atoms with E-state index >= 15 is 0 Å². The summed E-state index contributed by atoms with van der Waals surface area (Å²) in [5, 5.41) is 3.14. The fourth-order valence-corrected chi connectivity index (χ4v) is 1.49. The van der Waals surface area contributed by atoms with Crippen molar-refractivity contribution in [2.45, 2.75) is 19.8 Å². The highest BCUT2D eigenvalue weighted by molar-refractivity contribution is 5.54. The molecule has 88 valence electrons. The number of aromatic nitrogens is 2. The zero-order valence-corrected chi connectivity index (χ0v) is 10.0. The number of hydrogen-bond acceptors (Lipinski definition) is 4. The molecule has 0 saturated carbocycles. The number of nitrogen functional groups attached to an aromatic ring is 1. The SMILES string of the molecule is CC(C)c1cc(N)nc(Nc2ccccc2)n1. The van der Waals surface area contributed by atoms with E-state index in [2.05, 4.69) is 29.1 Å². The Balaban J connectivity index is 2.27. The van der Waals surface area contributed by atoms with Gasteiger partial charge in [-0.3, -0.25) is 0 Å². The molecule has 0 atom stereocenters. The Morgan fingerprint density at radius 1 is 1.12 bits per heavy atom. The summed E-state index contributed by atoms with van der Waals surface area (Å²) in [7, 11) is 0. The Bertz CT molecular complexity index is 494. The van der Waals surface area contributed by atoms with Crippen LogP contribution in [0.15, 0.2) is 36.4 Å². The molecule has 17 heavy (non-hydrogen) atoms. The molecule has 3 N–H and O–H groups in total. The van der Waals surface area contributed by atoms with Crippen molar-refractivity contribution in [3.8, 4) is 0 Å². The number of rotatable bonds is 3. The van der Waals surface area contributed by atoms with Crippen LogP contribution in [-0.2, 0) is 0 Å². The molecule has 0 fully saturated rings. The van der Waals surface area contributed by atoms with Crippen molar-refractivity contribution in [1.29, 1.82) is 0 Å². The highest BCUT2D eigenvalue weighted by Gasteiger charge is 2.06. The van der Waals surface area contributed by atoms with Crippen LogP contribution in [0.1, 0.15) is 25.5 Å². The van der Waals surface area contributed by atoms with Gasteiger partial charge in [-0.15, -0.1) is 0 Å². The van der Waals surface area contributed by atoms with Gasteiger partial charge in [0.25, 0.3) is 0 Å². The van der Waals surface area contributed by atoms with Gasteiger partial charge in [0.1, 0.15) is 5.82 Å². The normalized spacial score (nSPS) is 10.5. The molecule has 0 aliphatic heterocycles. The number of nitrogens with two attached hydrogens (primary N) is 1. The van der Waals surface area contributed by atoms with Crippen molar-refractivity contribution >= 4 is 17.5 Å². The van der Waals surface area contributed by atoms with Crippen LogP contribution in [-0.4, -0.2) is 9.97 Å². The van der Waals surface area contributed by atoms with E-state index in [4.69, 9.17) is 5.73 Å². The zero-order chi connectivity index (χ0) is 12.3. The second kappa shape index (κ2) is 4.82. The summed E-state index contributed by atoms with van der Waals surface area (Å²) in [6.07, 6.45) is 0. The minimum atomic E-state index is 0.330. The molecule has 0 amide bonds. The van der Waals surface area contributed by atoms with Crippen LogP contribution < -0.4 is 11.1 Å². The number of nitrogens with zero attached hydrogens (tertiary/aromatic N) is 2. The highest BCUT2D eigenvalue weighted by atomic mass is 15.1. The summed E-state index contributed by atoms with van der Waals surface area (Å²) in [6, 6.07) is 11.6. The Kier molecular flexibility index (Phi) is 3.23. The van der Waals surface area contributed by atoms with Crippen LogP contribution in [0.4, 0.5) is 17.5 Å². The van der Waals surface area contributed by atoms with Gasteiger partial charge in [-0.25, -0.2) is 4.98 Å². The summed E-state index contributed by atoms with van der Waals surface area (Å²) < 4.78 is 0. The van der Waals surface area contributed by atoms with Crippen LogP contribution in [0.25, 0.3) is 0 Å². The summed E-state index contributed by atoms with van der Waals surface area (Å²) in [6.45, 7) is 4.15. The third-order valence-electron chi connectivity index (χ3n) is 2.39. The van der Waals surface area contributed by atoms with Gasteiger partial charge in [0, 0.05) is 11.8 Å². The molecule has 1 aromatic carbocycles. The van der Waals surface area contributed by atoms with Crippen LogP contribution in [0.3, 0.4) is 0 Å². The molecule has 4 heteroatoms. The molecule has 0 spiro atoms. The molecule has 0 radical (unpaired) electrons. The Labute approximate surface area is 101 Å². The first kappa shape index (κ1) is 11.4. The van der Waals surface area contributed by atoms with Gasteiger partial charge in [0.2, 0.25) is 5.95 Å². The maximum Gasteiger partial charge on any atom is 0.229 e. The topological polar surface area (TPSA) is 63.8 Å². The Hall–Kier alpha value is -2.10. The molecule has 0 unspecified atom stereocenters. The molecule has 2 rings (SSSR count). The minimum absolute atomic E-state index is 0.330. The van der Waals surface area contributed by atoms with Gasteiger partial charge in [0.05, 0.1) is 5.69 Å². The fourth-order valence-electron chi connectivity index (χ4n) is 1.49. The second-order valence-corrected chi connectivity index (χ2v) is 4.19. The second-order valence-electron chi connectivity index (χ2n) is 4.19. The Morgan fingerprint density at radius 2 is 1.82 bits per heavy atom. The van der Waals surface area contributed by atoms with Crippen LogP contribution in [0.5, 0.6) is 0 Å². The first-order valence-electron chi connectivity index (χ1n) is 5.61. The van der Waals surface area contributed by atoms with Crippen molar-refractivity contribution in [2.75, 3.05) is 11.1 Å². The molecule has 4 nitrogen and oxygen atoms in total. The maximum atomic E-state index is 5.76. The van der Waals surface area contributed by atoms with E-state index in [1.165, 1.54) is 0 Å². The molecule has 2 aromatic rings. The van der Waals surface area contributed by atoms with Crippen molar-refractivity contribution in [3.05, 3.63) is 42.1 Å². The molecule has 0 bridgehead atoms. The number of hydrogen-bond donors (Lipinski definition) is 2. The Morgan fingerprint density at radius 3 is 2.47 bits per heavy atom. The molecule has 0 aliphatic rings. The number of nitrogens with one attached hydrogen (secondary N) is 1. The monoisotopic (exact) mass is 228 g/mol. The summed E-state index contributed by atoms with van der Waals surface area (Å²) >= 11 is 0. The van der Waals surface area contributed by atoms with Crippen LogP contribution >= 0.6 is 0 Å². The zero-order valence-electron chi connectivity index (χ0n) is 10.0. The lowest BCUT2D eigenvalue weighted by Crippen LogP contribution is -2.04. The average molecular weight is 228 g/mol. The molecule has 0 aliphatic carbocycles.